The van der Waals surface area contributed by atoms with Crippen LogP contribution in [-0.4, -0.2) is 41.5 Å². The van der Waals surface area contributed by atoms with Crippen molar-refractivity contribution in [2.24, 2.45) is 5.92 Å². The molecule has 148 valence electrons. The molecule has 8 nitrogen and oxygen atoms in total. The van der Waals surface area contributed by atoms with Gasteiger partial charge in [-0.1, -0.05) is 19.8 Å². The Kier molecular flexibility index (Phi) is 5.54. The zero-order valence-electron chi connectivity index (χ0n) is 16.0. The van der Waals surface area contributed by atoms with E-state index in [9.17, 15) is 14.4 Å². The van der Waals surface area contributed by atoms with Gasteiger partial charge in [0.2, 0.25) is 0 Å². The molecule has 2 atom stereocenters. The second-order valence-electron chi connectivity index (χ2n) is 7.12. The van der Waals surface area contributed by atoms with Crippen molar-refractivity contribution < 1.29 is 23.9 Å². The molecule has 8 heteroatoms. The van der Waals surface area contributed by atoms with Crippen molar-refractivity contribution >= 4 is 17.9 Å². The van der Waals surface area contributed by atoms with Crippen LogP contribution in [0.25, 0.3) is 0 Å². The number of amides is 3. The van der Waals surface area contributed by atoms with Crippen molar-refractivity contribution in [3.63, 3.8) is 0 Å². The predicted molar refractivity (Wildman–Crippen MR) is 98.6 cm³/mol. The fourth-order valence-electron chi connectivity index (χ4n) is 3.85. The summed E-state index contributed by atoms with van der Waals surface area (Å²) < 4.78 is 10.7. The minimum Gasteiger partial charge on any atom is -0.490 e. The number of esters is 1. The van der Waals surface area contributed by atoms with E-state index < -0.39 is 24.1 Å². The Hall–Kier alpha value is -3.08. The number of benzene rings is 1. The summed E-state index contributed by atoms with van der Waals surface area (Å²) in [4.78, 5) is 38.6. The van der Waals surface area contributed by atoms with Crippen LogP contribution < -0.4 is 14.8 Å². The van der Waals surface area contributed by atoms with Crippen molar-refractivity contribution in [1.82, 2.24) is 10.2 Å². The lowest BCUT2D eigenvalue weighted by Crippen LogP contribution is -2.54. The van der Waals surface area contributed by atoms with E-state index in [2.05, 4.69) is 5.32 Å². The second kappa shape index (κ2) is 7.89. The van der Waals surface area contributed by atoms with Gasteiger partial charge < -0.3 is 14.8 Å². The van der Waals surface area contributed by atoms with Gasteiger partial charge in [-0.05, 0) is 37.8 Å². The Labute approximate surface area is 163 Å². The minimum absolute atomic E-state index is 0.0156. The highest BCUT2D eigenvalue weighted by Gasteiger charge is 2.55. The summed E-state index contributed by atoms with van der Waals surface area (Å²) in [5.41, 5.74) is -0.550. The maximum Gasteiger partial charge on any atom is 0.331 e. The first-order valence-corrected chi connectivity index (χ1v) is 9.43. The maximum absolute atomic E-state index is 12.9. The Balaban J connectivity index is 1.72. The zero-order valence-corrected chi connectivity index (χ0v) is 16.0. The third kappa shape index (κ3) is 3.52. The highest BCUT2D eigenvalue weighted by Crippen LogP contribution is 2.38. The summed E-state index contributed by atoms with van der Waals surface area (Å²) in [6, 6.07) is 5.84. The Morgan fingerprint density at radius 3 is 2.82 bits per heavy atom. The first-order chi connectivity index (χ1) is 13.4. The number of hydrogen-bond acceptors (Lipinski definition) is 6. The summed E-state index contributed by atoms with van der Waals surface area (Å²) in [5.74, 6) is -0.717. The van der Waals surface area contributed by atoms with Crippen LogP contribution in [0.2, 0.25) is 0 Å². The molecular formula is C20H23N3O5. The number of carbonyl (C=O) groups is 3. The molecule has 1 aliphatic carbocycles. The van der Waals surface area contributed by atoms with E-state index in [1.54, 1.807) is 6.92 Å². The molecule has 28 heavy (non-hydrogen) atoms. The molecular weight excluding hydrogens is 362 g/mol. The standard InChI is InChI=1S/C20H23N3O5/c1-3-27-16-10-14(11-21)7-8-15(16)28-17(24)12-23-18(25)20(22-19(23)26)9-5-4-6-13(20)2/h7-8,10,13H,3-6,9,12H2,1-2H3,(H,22,26). The Morgan fingerprint density at radius 1 is 1.36 bits per heavy atom. The number of ether oxygens (including phenoxy) is 2. The number of nitrogens with zero attached hydrogens (tertiary/aromatic N) is 2. The average molecular weight is 385 g/mol. The third-order valence-corrected chi connectivity index (χ3v) is 5.39. The van der Waals surface area contributed by atoms with E-state index in [-0.39, 0.29) is 23.3 Å². The highest BCUT2D eigenvalue weighted by molar-refractivity contribution is 6.09. The van der Waals surface area contributed by atoms with Crippen LogP contribution in [0.5, 0.6) is 11.5 Å². The van der Waals surface area contributed by atoms with E-state index >= 15 is 0 Å². The van der Waals surface area contributed by atoms with Crippen LogP contribution in [-0.2, 0) is 9.59 Å². The lowest BCUT2D eigenvalue weighted by Gasteiger charge is -2.36. The van der Waals surface area contributed by atoms with E-state index in [1.165, 1.54) is 18.2 Å². The SMILES string of the molecule is CCOc1cc(C#N)ccc1OC(=O)CN1C(=O)NC2(CCCCC2C)C1=O. The molecule has 1 aromatic carbocycles. The van der Waals surface area contributed by atoms with Gasteiger partial charge in [-0.2, -0.15) is 5.26 Å². The van der Waals surface area contributed by atoms with Gasteiger partial charge in [0.15, 0.2) is 11.5 Å². The fourth-order valence-corrected chi connectivity index (χ4v) is 3.85. The van der Waals surface area contributed by atoms with Crippen molar-refractivity contribution in [2.75, 3.05) is 13.2 Å². The second-order valence-corrected chi connectivity index (χ2v) is 7.12. The number of urea groups is 1. The van der Waals surface area contributed by atoms with E-state index in [0.29, 0.717) is 18.6 Å². The summed E-state index contributed by atoms with van der Waals surface area (Å²) in [6.45, 7) is 3.56. The lowest BCUT2D eigenvalue weighted by atomic mass is 9.73. The van der Waals surface area contributed by atoms with Crippen molar-refractivity contribution in [3.8, 4) is 17.6 Å². The predicted octanol–water partition coefficient (Wildman–Crippen LogP) is 2.36. The summed E-state index contributed by atoms with van der Waals surface area (Å²) >= 11 is 0. The van der Waals surface area contributed by atoms with Crippen molar-refractivity contribution in [2.45, 2.75) is 45.1 Å². The molecule has 1 aromatic rings. The molecule has 2 aliphatic rings. The van der Waals surface area contributed by atoms with Gasteiger partial charge in [0.1, 0.15) is 12.1 Å². The molecule has 1 saturated heterocycles. The van der Waals surface area contributed by atoms with Crippen LogP contribution in [0.3, 0.4) is 0 Å². The van der Waals surface area contributed by atoms with Crippen molar-refractivity contribution in [3.05, 3.63) is 23.8 Å². The van der Waals surface area contributed by atoms with Gasteiger partial charge in [-0.25, -0.2) is 9.59 Å². The summed E-state index contributed by atoms with van der Waals surface area (Å²) in [6.07, 6.45) is 3.31. The third-order valence-electron chi connectivity index (χ3n) is 5.39. The first-order valence-electron chi connectivity index (χ1n) is 9.43. The lowest BCUT2D eigenvalue weighted by molar-refractivity contribution is -0.142. The number of nitrogens with one attached hydrogen (secondary N) is 1. The molecule has 2 fully saturated rings. The van der Waals surface area contributed by atoms with Crippen molar-refractivity contribution in [1.29, 1.82) is 5.26 Å². The average Bonchev–Trinajstić information content (AvgIpc) is 2.91. The maximum atomic E-state index is 12.9. The number of carbonyl (C=O) groups excluding carboxylic acids is 3. The van der Waals surface area contributed by atoms with E-state index in [4.69, 9.17) is 14.7 Å². The summed E-state index contributed by atoms with van der Waals surface area (Å²) in [5, 5.41) is 11.8. The molecule has 1 heterocycles. The van der Waals surface area contributed by atoms with E-state index in [1.807, 2.05) is 13.0 Å². The van der Waals surface area contributed by atoms with Gasteiger partial charge in [0.25, 0.3) is 5.91 Å². The monoisotopic (exact) mass is 385 g/mol. The number of nitriles is 1. The molecule has 1 N–H and O–H groups in total. The molecule has 0 aromatic heterocycles. The quantitative estimate of drug-likeness (QED) is 0.473. The van der Waals surface area contributed by atoms with Gasteiger partial charge >= 0.3 is 12.0 Å². The van der Waals surface area contributed by atoms with E-state index in [0.717, 1.165) is 24.2 Å². The number of hydrogen-bond donors (Lipinski definition) is 1. The van der Waals surface area contributed by atoms with Crippen LogP contribution in [0, 0.1) is 17.2 Å². The molecule has 1 spiro atoms. The first kappa shape index (κ1) is 19.7. The smallest absolute Gasteiger partial charge is 0.331 e. The molecule has 0 bridgehead atoms. The zero-order chi connectivity index (χ0) is 20.3. The molecule has 3 amide bonds. The summed E-state index contributed by atoms with van der Waals surface area (Å²) in [7, 11) is 0. The highest BCUT2D eigenvalue weighted by atomic mass is 16.6. The van der Waals surface area contributed by atoms with Crippen LogP contribution >= 0.6 is 0 Å². The number of rotatable bonds is 5. The van der Waals surface area contributed by atoms with Gasteiger partial charge in [-0.3, -0.25) is 9.69 Å². The molecule has 3 rings (SSSR count). The van der Waals surface area contributed by atoms with Crippen LogP contribution in [0.4, 0.5) is 4.79 Å². The van der Waals surface area contributed by atoms with Crippen LogP contribution in [0.15, 0.2) is 18.2 Å². The Bertz CT molecular complexity index is 847. The Morgan fingerprint density at radius 2 is 2.14 bits per heavy atom. The van der Waals surface area contributed by atoms with Gasteiger partial charge in [-0.15, -0.1) is 0 Å². The van der Waals surface area contributed by atoms with Crippen LogP contribution in [0.1, 0.15) is 45.1 Å². The fraction of sp³-hybridized carbons (Fsp3) is 0.500. The van der Waals surface area contributed by atoms with Gasteiger partial charge in [0.05, 0.1) is 18.2 Å². The van der Waals surface area contributed by atoms with Gasteiger partial charge in [0, 0.05) is 6.07 Å². The molecule has 1 saturated carbocycles. The normalized spacial score (nSPS) is 24.0. The molecule has 1 aliphatic heterocycles. The largest absolute Gasteiger partial charge is 0.490 e. The number of imide groups is 1. The topological polar surface area (TPSA) is 109 Å². The molecule has 2 unspecified atom stereocenters. The minimum atomic E-state index is -0.916. The molecule has 0 radical (unpaired) electrons.